The van der Waals surface area contributed by atoms with Crippen molar-refractivity contribution in [1.29, 1.82) is 0 Å². The van der Waals surface area contributed by atoms with E-state index in [1.165, 1.54) is 6.92 Å². The normalized spacial score (nSPS) is 9.92. The Bertz CT molecular complexity index is 759. The van der Waals surface area contributed by atoms with Gasteiger partial charge in [-0.15, -0.1) is 0 Å². The van der Waals surface area contributed by atoms with Crippen molar-refractivity contribution in [1.82, 2.24) is 10.9 Å². The minimum absolute atomic E-state index is 0.0471. The van der Waals surface area contributed by atoms with Gasteiger partial charge in [-0.2, -0.15) is 0 Å². The summed E-state index contributed by atoms with van der Waals surface area (Å²) in [4.78, 5) is 34.8. The predicted octanol–water partition coefficient (Wildman–Crippen LogP) is 2.49. The number of ether oxygens (including phenoxy) is 1. The van der Waals surface area contributed by atoms with Crippen LogP contribution in [-0.2, 0) is 4.79 Å². The fourth-order valence-corrected chi connectivity index (χ4v) is 2.27. The predicted molar refractivity (Wildman–Crippen MR) is 91.7 cm³/mol. The lowest BCUT2D eigenvalue weighted by Crippen LogP contribution is -2.43. The van der Waals surface area contributed by atoms with Gasteiger partial charge < -0.3 is 4.74 Å². The first-order chi connectivity index (χ1) is 11.5. The van der Waals surface area contributed by atoms with Crippen molar-refractivity contribution in [3.05, 3.63) is 64.1 Å². The van der Waals surface area contributed by atoms with E-state index >= 15 is 0 Å². The zero-order chi connectivity index (χ0) is 17.5. The van der Waals surface area contributed by atoms with Crippen molar-refractivity contribution in [2.75, 3.05) is 6.61 Å². The van der Waals surface area contributed by atoms with Crippen molar-refractivity contribution >= 4 is 33.5 Å². The lowest BCUT2D eigenvalue weighted by atomic mass is 10.1. The lowest BCUT2D eigenvalue weighted by Gasteiger charge is -2.09. The molecule has 0 saturated carbocycles. The highest BCUT2D eigenvalue weighted by atomic mass is 79.9. The first kappa shape index (κ1) is 17.7. The number of hydrazine groups is 1. The lowest BCUT2D eigenvalue weighted by molar-refractivity contribution is -0.123. The number of hydrogen-bond donors (Lipinski definition) is 2. The van der Waals surface area contributed by atoms with Crippen molar-refractivity contribution in [2.24, 2.45) is 0 Å². The number of Topliss-reactive ketones (excluding diaryl/α,β-unsaturated/α-hetero) is 1. The summed E-state index contributed by atoms with van der Waals surface area (Å²) in [6, 6.07) is 13.3. The van der Waals surface area contributed by atoms with Gasteiger partial charge in [0, 0.05) is 10.0 Å². The molecule has 24 heavy (non-hydrogen) atoms. The Morgan fingerprint density at radius 1 is 1.00 bits per heavy atom. The van der Waals surface area contributed by atoms with Gasteiger partial charge in [-0.1, -0.05) is 12.1 Å². The highest BCUT2D eigenvalue weighted by molar-refractivity contribution is 9.10. The molecule has 0 atom stereocenters. The van der Waals surface area contributed by atoms with Crippen LogP contribution >= 0.6 is 15.9 Å². The van der Waals surface area contributed by atoms with Crippen LogP contribution in [0.3, 0.4) is 0 Å². The van der Waals surface area contributed by atoms with E-state index in [9.17, 15) is 14.4 Å². The molecule has 124 valence electrons. The molecular formula is C17H15BrN2O4. The van der Waals surface area contributed by atoms with Crippen LogP contribution in [0.2, 0.25) is 0 Å². The first-order valence-corrected chi connectivity index (χ1v) is 7.84. The van der Waals surface area contributed by atoms with Gasteiger partial charge >= 0.3 is 0 Å². The molecule has 0 aliphatic rings. The Labute approximate surface area is 147 Å². The molecule has 0 heterocycles. The summed E-state index contributed by atoms with van der Waals surface area (Å²) >= 11 is 3.26. The molecular weight excluding hydrogens is 376 g/mol. The third-order valence-corrected chi connectivity index (χ3v) is 3.76. The van der Waals surface area contributed by atoms with Crippen LogP contribution in [0, 0.1) is 0 Å². The third kappa shape index (κ3) is 4.92. The van der Waals surface area contributed by atoms with Crippen molar-refractivity contribution in [2.45, 2.75) is 6.92 Å². The third-order valence-electron chi connectivity index (χ3n) is 3.06. The summed E-state index contributed by atoms with van der Waals surface area (Å²) in [6.45, 7) is 1.20. The second-order valence-corrected chi connectivity index (χ2v) is 5.71. The fraction of sp³-hybridized carbons (Fsp3) is 0.118. The molecule has 0 aliphatic heterocycles. The van der Waals surface area contributed by atoms with Crippen molar-refractivity contribution in [3.63, 3.8) is 0 Å². The van der Waals surface area contributed by atoms with Gasteiger partial charge in [0.25, 0.3) is 11.8 Å². The number of halogens is 1. The average molecular weight is 391 g/mol. The van der Waals surface area contributed by atoms with E-state index in [1.54, 1.807) is 48.5 Å². The maximum atomic E-state index is 11.9. The number of carbonyl (C=O) groups excluding carboxylic acids is 3. The second kappa shape index (κ2) is 8.26. The summed E-state index contributed by atoms with van der Waals surface area (Å²) in [5.41, 5.74) is 5.54. The molecule has 2 N–H and O–H groups in total. The van der Waals surface area contributed by atoms with Gasteiger partial charge in [0.05, 0.1) is 5.56 Å². The number of rotatable bonds is 5. The Hall–Kier alpha value is -2.67. The molecule has 0 fully saturated rings. The molecule has 0 bridgehead atoms. The Morgan fingerprint density at radius 2 is 1.67 bits per heavy atom. The number of amides is 2. The number of hydrogen-bond acceptors (Lipinski definition) is 4. The zero-order valence-electron chi connectivity index (χ0n) is 12.8. The quantitative estimate of drug-likeness (QED) is 0.606. The van der Waals surface area contributed by atoms with Crippen LogP contribution in [0.15, 0.2) is 53.0 Å². The fourth-order valence-electron chi connectivity index (χ4n) is 1.81. The van der Waals surface area contributed by atoms with E-state index in [4.69, 9.17) is 4.74 Å². The van der Waals surface area contributed by atoms with Crippen LogP contribution in [-0.4, -0.2) is 24.2 Å². The highest BCUT2D eigenvalue weighted by Crippen LogP contribution is 2.15. The van der Waals surface area contributed by atoms with E-state index in [-0.39, 0.29) is 12.4 Å². The Morgan fingerprint density at radius 3 is 2.29 bits per heavy atom. The molecule has 0 radical (unpaired) electrons. The molecule has 2 aromatic carbocycles. The molecule has 6 nitrogen and oxygen atoms in total. The van der Waals surface area contributed by atoms with Gasteiger partial charge in [-0.3, -0.25) is 25.2 Å². The topological polar surface area (TPSA) is 84.5 Å². The molecule has 2 aromatic rings. The van der Waals surface area contributed by atoms with Crippen molar-refractivity contribution in [3.8, 4) is 5.75 Å². The van der Waals surface area contributed by atoms with E-state index < -0.39 is 11.8 Å². The minimum Gasteiger partial charge on any atom is -0.484 e. The number of ketones is 1. The summed E-state index contributed by atoms with van der Waals surface area (Å²) in [6.07, 6.45) is 0. The molecule has 0 unspecified atom stereocenters. The summed E-state index contributed by atoms with van der Waals surface area (Å²) in [5, 5.41) is 0. The molecule has 0 spiro atoms. The summed E-state index contributed by atoms with van der Waals surface area (Å²) < 4.78 is 5.90. The first-order valence-electron chi connectivity index (χ1n) is 7.05. The Balaban J connectivity index is 1.80. The standard InChI is InChI=1S/C17H15BrN2O4/c1-11(21)12-6-8-13(9-7-12)24-10-16(22)19-20-17(23)14-4-2-3-5-15(14)18/h2-9H,10H2,1H3,(H,19,22)(H,20,23). The maximum Gasteiger partial charge on any atom is 0.276 e. The number of nitrogens with one attached hydrogen (secondary N) is 2. The maximum absolute atomic E-state index is 11.9. The van der Waals surface area contributed by atoms with Gasteiger partial charge in [-0.25, -0.2) is 0 Å². The van der Waals surface area contributed by atoms with E-state index in [1.807, 2.05) is 0 Å². The van der Waals surface area contributed by atoms with Crippen LogP contribution < -0.4 is 15.6 Å². The van der Waals surface area contributed by atoms with Crippen LogP contribution in [0.25, 0.3) is 0 Å². The molecule has 2 rings (SSSR count). The van der Waals surface area contributed by atoms with Crippen LogP contribution in [0.4, 0.5) is 0 Å². The monoisotopic (exact) mass is 390 g/mol. The zero-order valence-corrected chi connectivity index (χ0v) is 14.4. The molecule has 0 aliphatic carbocycles. The van der Waals surface area contributed by atoms with Crippen LogP contribution in [0.5, 0.6) is 5.75 Å². The minimum atomic E-state index is -0.508. The van der Waals surface area contributed by atoms with Gasteiger partial charge in [0.2, 0.25) is 0 Å². The van der Waals surface area contributed by atoms with Crippen LogP contribution in [0.1, 0.15) is 27.6 Å². The summed E-state index contributed by atoms with van der Waals surface area (Å²) in [7, 11) is 0. The highest BCUT2D eigenvalue weighted by Gasteiger charge is 2.10. The van der Waals surface area contributed by atoms with Crippen molar-refractivity contribution < 1.29 is 19.1 Å². The van der Waals surface area contributed by atoms with Gasteiger partial charge in [0.15, 0.2) is 12.4 Å². The molecule has 2 amide bonds. The van der Waals surface area contributed by atoms with Gasteiger partial charge in [-0.05, 0) is 59.3 Å². The molecule has 0 aromatic heterocycles. The average Bonchev–Trinajstić information content (AvgIpc) is 2.58. The van der Waals surface area contributed by atoms with E-state index in [0.717, 1.165) is 0 Å². The number of carbonyl (C=O) groups is 3. The Kier molecular flexibility index (Phi) is 6.08. The molecule has 0 saturated heterocycles. The smallest absolute Gasteiger partial charge is 0.276 e. The molecule has 7 heteroatoms. The number of benzene rings is 2. The SMILES string of the molecule is CC(=O)c1ccc(OCC(=O)NNC(=O)c2ccccc2Br)cc1. The van der Waals surface area contributed by atoms with E-state index in [0.29, 0.717) is 21.3 Å². The largest absolute Gasteiger partial charge is 0.484 e. The summed E-state index contributed by atoms with van der Waals surface area (Å²) in [5.74, 6) is -0.547. The second-order valence-electron chi connectivity index (χ2n) is 4.85. The van der Waals surface area contributed by atoms with E-state index in [2.05, 4.69) is 26.8 Å². The van der Waals surface area contributed by atoms with Gasteiger partial charge in [0.1, 0.15) is 5.75 Å².